The van der Waals surface area contributed by atoms with Crippen molar-refractivity contribution in [2.45, 2.75) is 25.7 Å². The minimum absolute atomic E-state index is 0.243. The molecule has 0 aliphatic carbocycles. The second-order valence-electron chi connectivity index (χ2n) is 5.37. The summed E-state index contributed by atoms with van der Waals surface area (Å²) in [5, 5.41) is 8.77. The molecular weight excluding hydrogens is 252 g/mol. The van der Waals surface area contributed by atoms with Gasteiger partial charge in [0.2, 0.25) is 0 Å². The van der Waals surface area contributed by atoms with Crippen molar-refractivity contribution in [3.8, 4) is 0 Å². The van der Waals surface area contributed by atoms with Crippen molar-refractivity contribution >= 4 is 11.7 Å². The molecule has 1 fully saturated rings. The second kappa shape index (κ2) is 7.90. The van der Waals surface area contributed by atoms with E-state index in [0.29, 0.717) is 6.42 Å². The Morgan fingerprint density at radius 2 is 1.85 bits per heavy atom. The topological polar surface area (TPSA) is 43.8 Å². The van der Waals surface area contributed by atoms with E-state index in [1.807, 2.05) is 18.2 Å². The third-order valence-corrected chi connectivity index (χ3v) is 3.82. The van der Waals surface area contributed by atoms with Crippen molar-refractivity contribution in [1.29, 1.82) is 0 Å². The van der Waals surface area contributed by atoms with Crippen molar-refractivity contribution in [2.24, 2.45) is 0 Å². The maximum atomic E-state index is 10.7. The largest absolute Gasteiger partial charge is 0.481 e. The molecule has 0 spiro atoms. The van der Waals surface area contributed by atoms with E-state index in [1.165, 1.54) is 31.6 Å². The van der Waals surface area contributed by atoms with Gasteiger partial charge in [-0.05, 0) is 44.5 Å². The van der Waals surface area contributed by atoms with Crippen LogP contribution in [0.25, 0.3) is 0 Å². The predicted molar refractivity (Wildman–Crippen MR) is 81.2 cm³/mol. The highest BCUT2D eigenvalue weighted by Crippen LogP contribution is 2.15. The predicted octanol–water partition coefficient (Wildman–Crippen LogP) is 2.45. The van der Waals surface area contributed by atoms with Crippen molar-refractivity contribution in [1.82, 2.24) is 4.90 Å². The summed E-state index contributed by atoms with van der Waals surface area (Å²) in [4.78, 5) is 15.5. The number of para-hydroxylation sites is 1. The van der Waals surface area contributed by atoms with Crippen LogP contribution >= 0.6 is 0 Å². The van der Waals surface area contributed by atoms with Crippen molar-refractivity contribution in [3.05, 3.63) is 30.3 Å². The van der Waals surface area contributed by atoms with Gasteiger partial charge < -0.3 is 14.9 Å². The molecule has 1 aromatic rings. The van der Waals surface area contributed by atoms with Gasteiger partial charge in [-0.3, -0.25) is 4.79 Å². The molecule has 20 heavy (non-hydrogen) atoms. The van der Waals surface area contributed by atoms with Crippen molar-refractivity contribution in [2.75, 3.05) is 37.6 Å². The fourth-order valence-corrected chi connectivity index (χ4v) is 2.70. The molecule has 0 atom stereocenters. The number of hydrogen-bond acceptors (Lipinski definition) is 3. The fraction of sp³-hybridized carbons (Fsp3) is 0.562. The third-order valence-electron chi connectivity index (χ3n) is 3.82. The summed E-state index contributed by atoms with van der Waals surface area (Å²) in [6, 6.07) is 10.3. The first-order chi connectivity index (χ1) is 9.75. The van der Waals surface area contributed by atoms with Gasteiger partial charge in [0.15, 0.2) is 0 Å². The van der Waals surface area contributed by atoms with Crippen molar-refractivity contribution < 1.29 is 9.90 Å². The molecule has 0 aromatic heterocycles. The molecule has 110 valence electrons. The number of benzene rings is 1. The van der Waals surface area contributed by atoms with E-state index in [2.05, 4.69) is 21.9 Å². The Bertz CT molecular complexity index is 402. The van der Waals surface area contributed by atoms with Gasteiger partial charge in [0.1, 0.15) is 0 Å². The standard InChI is InChI=1S/C16H24N2O2/c19-16(20)9-6-12-18(15-7-2-1-3-8-15)14-13-17-10-4-5-11-17/h1-3,7-8H,4-6,9-14H2,(H,19,20). The van der Waals surface area contributed by atoms with E-state index >= 15 is 0 Å². The molecule has 0 bridgehead atoms. The van der Waals surface area contributed by atoms with E-state index in [-0.39, 0.29) is 6.42 Å². The molecule has 4 heteroatoms. The average Bonchev–Trinajstić information content (AvgIpc) is 2.96. The molecular formula is C16H24N2O2. The fourth-order valence-electron chi connectivity index (χ4n) is 2.70. The molecule has 1 aromatic carbocycles. The van der Waals surface area contributed by atoms with Gasteiger partial charge in [0.05, 0.1) is 0 Å². The Kier molecular flexibility index (Phi) is 5.87. The van der Waals surface area contributed by atoms with E-state index in [0.717, 1.165) is 19.6 Å². The molecule has 1 aliphatic rings. The van der Waals surface area contributed by atoms with Gasteiger partial charge >= 0.3 is 5.97 Å². The van der Waals surface area contributed by atoms with Gasteiger partial charge in [-0.1, -0.05) is 18.2 Å². The summed E-state index contributed by atoms with van der Waals surface area (Å²) in [6.45, 7) is 5.27. The Labute approximate surface area is 121 Å². The highest BCUT2D eigenvalue weighted by molar-refractivity contribution is 5.66. The molecule has 0 unspecified atom stereocenters. The Hall–Kier alpha value is -1.55. The van der Waals surface area contributed by atoms with Crippen LogP contribution in [0, 0.1) is 0 Å². The van der Waals surface area contributed by atoms with Crippen LogP contribution in [-0.4, -0.2) is 48.7 Å². The first-order valence-electron chi connectivity index (χ1n) is 7.50. The second-order valence-corrected chi connectivity index (χ2v) is 5.37. The number of likely N-dealkylation sites (tertiary alicyclic amines) is 1. The first-order valence-corrected chi connectivity index (χ1v) is 7.50. The monoisotopic (exact) mass is 276 g/mol. The number of carboxylic acids is 1. The van der Waals surface area contributed by atoms with Crippen LogP contribution in [0.1, 0.15) is 25.7 Å². The summed E-state index contributed by atoms with van der Waals surface area (Å²) in [5.74, 6) is -0.711. The molecule has 1 saturated heterocycles. The minimum Gasteiger partial charge on any atom is -0.481 e. The molecule has 1 heterocycles. The summed E-state index contributed by atoms with van der Waals surface area (Å²) in [7, 11) is 0. The van der Waals surface area contributed by atoms with E-state index < -0.39 is 5.97 Å². The lowest BCUT2D eigenvalue weighted by Gasteiger charge is -2.27. The SMILES string of the molecule is O=C(O)CCCN(CCN1CCCC1)c1ccccc1. The Morgan fingerprint density at radius 3 is 2.50 bits per heavy atom. The van der Waals surface area contributed by atoms with E-state index in [1.54, 1.807) is 0 Å². The molecule has 0 amide bonds. The zero-order valence-corrected chi connectivity index (χ0v) is 12.0. The van der Waals surface area contributed by atoms with Gasteiger partial charge in [-0.2, -0.15) is 0 Å². The number of carbonyl (C=O) groups is 1. The number of rotatable bonds is 8. The zero-order chi connectivity index (χ0) is 14.2. The van der Waals surface area contributed by atoms with Crippen LogP contribution < -0.4 is 4.90 Å². The number of nitrogens with zero attached hydrogens (tertiary/aromatic N) is 2. The van der Waals surface area contributed by atoms with Crippen LogP contribution in [0.3, 0.4) is 0 Å². The number of aliphatic carboxylic acids is 1. The molecule has 0 saturated carbocycles. The van der Waals surface area contributed by atoms with Gasteiger partial charge in [0, 0.05) is 31.7 Å². The van der Waals surface area contributed by atoms with E-state index in [4.69, 9.17) is 5.11 Å². The minimum atomic E-state index is -0.711. The summed E-state index contributed by atoms with van der Waals surface area (Å²) in [6.07, 6.45) is 3.56. The quantitative estimate of drug-likeness (QED) is 0.792. The van der Waals surface area contributed by atoms with Crippen LogP contribution in [-0.2, 0) is 4.79 Å². The summed E-state index contributed by atoms with van der Waals surface area (Å²) in [5.41, 5.74) is 1.19. The third kappa shape index (κ3) is 4.85. The average molecular weight is 276 g/mol. The highest BCUT2D eigenvalue weighted by atomic mass is 16.4. The summed E-state index contributed by atoms with van der Waals surface area (Å²) >= 11 is 0. The highest BCUT2D eigenvalue weighted by Gasteiger charge is 2.13. The van der Waals surface area contributed by atoms with Crippen molar-refractivity contribution in [3.63, 3.8) is 0 Å². The lowest BCUT2D eigenvalue weighted by Crippen LogP contribution is -2.34. The van der Waals surface area contributed by atoms with Gasteiger partial charge in [-0.15, -0.1) is 0 Å². The molecule has 1 N–H and O–H groups in total. The maximum absolute atomic E-state index is 10.7. The lowest BCUT2D eigenvalue weighted by atomic mass is 10.2. The first kappa shape index (κ1) is 14.9. The summed E-state index contributed by atoms with van der Waals surface area (Å²) < 4.78 is 0. The van der Waals surface area contributed by atoms with Gasteiger partial charge in [-0.25, -0.2) is 0 Å². The van der Waals surface area contributed by atoms with Crippen LogP contribution in [0.2, 0.25) is 0 Å². The normalized spacial score (nSPS) is 15.4. The Morgan fingerprint density at radius 1 is 1.15 bits per heavy atom. The Balaban J connectivity index is 1.87. The molecule has 0 radical (unpaired) electrons. The van der Waals surface area contributed by atoms with Gasteiger partial charge in [0.25, 0.3) is 0 Å². The van der Waals surface area contributed by atoms with Crippen LogP contribution in [0.15, 0.2) is 30.3 Å². The van der Waals surface area contributed by atoms with E-state index in [9.17, 15) is 4.79 Å². The number of carboxylic acid groups (broad SMARTS) is 1. The molecule has 2 rings (SSSR count). The maximum Gasteiger partial charge on any atom is 0.303 e. The number of hydrogen-bond donors (Lipinski definition) is 1. The number of anilines is 1. The van der Waals surface area contributed by atoms with Crippen LogP contribution in [0.5, 0.6) is 0 Å². The molecule has 1 aliphatic heterocycles. The lowest BCUT2D eigenvalue weighted by molar-refractivity contribution is -0.137. The molecule has 4 nitrogen and oxygen atoms in total. The smallest absolute Gasteiger partial charge is 0.303 e. The van der Waals surface area contributed by atoms with Crippen LogP contribution in [0.4, 0.5) is 5.69 Å². The zero-order valence-electron chi connectivity index (χ0n) is 12.0.